The van der Waals surface area contributed by atoms with Crippen LogP contribution in [0.25, 0.3) is 5.69 Å². The van der Waals surface area contributed by atoms with E-state index in [4.69, 9.17) is 0 Å². The van der Waals surface area contributed by atoms with Gasteiger partial charge >= 0.3 is 0 Å². The van der Waals surface area contributed by atoms with Crippen molar-refractivity contribution in [3.63, 3.8) is 0 Å². The molecule has 0 saturated carbocycles. The summed E-state index contributed by atoms with van der Waals surface area (Å²) in [6, 6.07) is 7.43. The van der Waals surface area contributed by atoms with Gasteiger partial charge in [-0.1, -0.05) is 0 Å². The van der Waals surface area contributed by atoms with E-state index in [1.54, 1.807) is 29.1 Å². The number of rotatable bonds is 5. The molecule has 1 atom stereocenters. The summed E-state index contributed by atoms with van der Waals surface area (Å²) in [6.07, 6.45) is 3.41. The van der Waals surface area contributed by atoms with E-state index >= 15 is 0 Å². The number of anilines is 1. The van der Waals surface area contributed by atoms with Crippen molar-refractivity contribution in [3.05, 3.63) is 48.5 Å². The normalized spacial score (nSPS) is 13.1. The number of amides is 1. The number of sulfone groups is 1. The maximum atomic E-state index is 13.5. The van der Waals surface area contributed by atoms with Gasteiger partial charge in [-0.3, -0.25) is 4.79 Å². The Bertz CT molecular complexity index is 799. The highest BCUT2D eigenvalue weighted by Gasteiger charge is 2.31. The minimum atomic E-state index is -3.56. The summed E-state index contributed by atoms with van der Waals surface area (Å²) in [4.78, 5) is 12.3. The quantitative estimate of drug-likeness (QED) is 0.911. The van der Waals surface area contributed by atoms with Crippen LogP contribution in [0.15, 0.2) is 42.7 Å². The molecule has 0 bridgehead atoms. The van der Waals surface area contributed by atoms with Crippen LogP contribution in [0, 0.1) is 5.82 Å². The molecule has 0 aliphatic heterocycles. The number of nitrogens with zero attached hydrogens (tertiary/aromatic N) is 1. The Balaban J connectivity index is 2.32. The van der Waals surface area contributed by atoms with Crippen LogP contribution in [0.1, 0.15) is 20.8 Å². The second-order valence-corrected chi connectivity index (χ2v) is 8.35. The van der Waals surface area contributed by atoms with Gasteiger partial charge < -0.3 is 9.88 Å². The smallest absolute Gasteiger partial charge is 0.242 e. The highest BCUT2D eigenvalue weighted by molar-refractivity contribution is 7.93. The van der Waals surface area contributed by atoms with E-state index in [9.17, 15) is 17.6 Å². The molecule has 1 amide bonds. The van der Waals surface area contributed by atoms with Gasteiger partial charge in [0.1, 0.15) is 11.1 Å². The van der Waals surface area contributed by atoms with Crippen molar-refractivity contribution in [1.82, 2.24) is 4.57 Å². The number of aromatic nitrogens is 1. The van der Waals surface area contributed by atoms with E-state index < -0.39 is 32.1 Å². The lowest BCUT2D eigenvalue weighted by atomic mass is 10.2. The number of hydrogen-bond acceptors (Lipinski definition) is 3. The molecule has 0 spiro atoms. The van der Waals surface area contributed by atoms with Crippen LogP contribution >= 0.6 is 0 Å². The van der Waals surface area contributed by atoms with E-state index in [0.717, 1.165) is 0 Å². The van der Waals surface area contributed by atoms with Gasteiger partial charge in [-0.05, 0) is 51.1 Å². The van der Waals surface area contributed by atoms with Crippen molar-refractivity contribution < 1.29 is 17.6 Å². The molecule has 0 saturated heterocycles. The zero-order chi connectivity index (χ0) is 17.2. The molecule has 2 aromatic rings. The molecule has 0 radical (unpaired) electrons. The molecule has 1 heterocycles. The van der Waals surface area contributed by atoms with Gasteiger partial charge in [-0.2, -0.15) is 0 Å². The van der Waals surface area contributed by atoms with Crippen LogP contribution < -0.4 is 5.32 Å². The fraction of sp³-hybridized carbons (Fsp3) is 0.312. The number of benzene rings is 1. The Morgan fingerprint density at radius 3 is 2.35 bits per heavy atom. The van der Waals surface area contributed by atoms with Crippen molar-refractivity contribution >= 4 is 21.4 Å². The maximum absolute atomic E-state index is 13.5. The standard InChI is InChI=1S/C16H19FN2O3S/c1-11(2)23(21,22)12(3)16(20)18-14-7-6-13(17)10-15(14)19-8-4-5-9-19/h4-12H,1-3H3,(H,18,20)/t12-/m0/s1. The molecular formula is C16H19FN2O3S. The fourth-order valence-corrected chi connectivity index (χ4v) is 3.28. The second kappa shape index (κ2) is 6.54. The molecule has 0 unspecified atom stereocenters. The number of hydrogen-bond donors (Lipinski definition) is 1. The van der Waals surface area contributed by atoms with E-state index in [0.29, 0.717) is 11.4 Å². The van der Waals surface area contributed by atoms with Crippen molar-refractivity contribution in [3.8, 4) is 5.69 Å². The zero-order valence-electron chi connectivity index (χ0n) is 13.2. The Morgan fingerprint density at radius 1 is 1.17 bits per heavy atom. The zero-order valence-corrected chi connectivity index (χ0v) is 14.0. The number of carbonyl (C=O) groups excluding carboxylic acids is 1. The van der Waals surface area contributed by atoms with E-state index in [-0.39, 0.29) is 0 Å². The van der Waals surface area contributed by atoms with Gasteiger partial charge in [-0.15, -0.1) is 0 Å². The monoisotopic (exact) mass is 338 g/mol. The maximum Gasteiger partial charge on any atom is 0.242 e. The van der Waals surface area contributed by atoms with Gasteiger partial charge in [-0.25, -0.2) is 12.8 Å². The molecule has 7 heteroatoms. The Labute approximate surface area is 135 Å². The summed E-state index contributed by atoms with van der Waals surface area (Å²) < 4.78 is 39.4. The predicted molar refractivity (Wildman–Crippen MR) is 87.9 cm³/mol. The Kier molecular flexibility index (Phi) is 4.89. The number of nitrogens with one attached hydrogen (secondary N) is 1. The molecule has 1 aromatic heterocycles. The van der Waals surface area contributed by atoms with Crippen LogP contribution in [0.5, 0.6) is 0 Å². The molecule has 5 nitrogen and oxygen atoms in total. The third kappa shape index (κ3) is 3.61. The molecule has 0 fully saturated rings. The molecule has 23 heavy (non-hydrogen) atoms. The van der Waals surface area contributed by atoms with Crippen molar-refractivity contribution in [2.24, 2.45) is 0 Å². The number of carbonyl (C=O) groups is 1. The Morgan fingerprint density at radius 2 is 1.78 bits per heavy atom. The molecule has 124 valence electrons. The summed E-state index contributed by atoms with van der Waals surface area (Å²) in [5.41, 5.74) is 0.774. The first kappa shape index (κ1) is 17.2. The third-order valence-corrected chi connectivity index (χ3v) is 6.13. The van der Waals surface area contributed by atoms with Gasteiger partial charge in [0.05, 0.1) is 16.6 Å². The van der Waals surface area contributed by atoms with E-state index in [2.05, 4.69) is 5.32 Å². The Hall–Kier alpha value is -2.15. The van der Waals surface area contributed by atoms with Crippen molar-refractivity contribution in [2.75, 3.05) is 5.32 Å². The lowest BCUT2D eigenvalue weighted by Gasteiger charge is -2.17. The summed E-state index contributed by atoms with van der Waals surface area (Å²) >= 11 is 0. The molecule has 1 N–H and O–H groups in total. The minimum Gasteiger partial charge on any atom is -0.323 e. The second-order valence-electron chi connectivity index (χ2n) is 5.52. The average molecular weight is 338 g/mol. The lowest BCUT2D eigenvalue weighted by Crippen LogP contribution is -2.36. The average Bonchev–Trinajstić information content (AvgIpc) is 3.02. The highest BCUT2D eigenvalue weighted by atomic mass is 32.2. The largest absolute Gasteiger partial charge is 0.323 e. The molecule has 0 aliphatic carbocycles. The van der Waals surface area contributed by atoms with E-state index in [1.807, 2.05) is 0 Å². The molecule has 1 aromatic carbocycles. The van der Waals surface area contributed by atoms with Crippen LogP contribution in [0.3, 0.4) is 0 Å². The first-order valence-corrected chi connectivity index (χ1v) is 8.81. The third-order valence-electron chi connectivity index (χ3n) is 3.62. The van der Waals surface area contributed by atoms with Gasteiger partial charge in [0.25, 0.3) is 0 Å². The van der Waals surface area contributed by atoms with Crippen LogP contribution in [-0.4, -0.2) is 29.4 Å². The van der Waals surface area contributed by atoms with E-state index in [1.165, 1.54) is 39.0 Å². The SMILES string of the molecule is CC(C)S(=O)(=O)[C@@H](C)C(=O)Nc1ccc(F)cc1-n1cccc1. The molecule has 0 aliphatic rings. The van der Waals surface area contributed by atoms with Crippen molar-refractivity contribution in [2.45, 2.75) is 31.3 Å². The first-order valence-electron chi connectivity index (χ1n) is 7.20. The summed E-state index contributed by atoms with van der Waals surface area (Å²) in [6.45, 7) is 4.41. The van der Waals surface area contributed by atoms with Crippen LogP contribution in [0.4, 0.5) is 10.1 Å². The lowest BCUT2D eigenvalue weighted by molar-refractivity contribution is -0.115. The summed E-state index contributed by atoms with van der Waals surface area (Å²) in [7, 11) is -3.56. The predicted octanol–water partition coefficient (Wildman–Crippen LogP) is 2.77. The first-order chi connectivity index (χ1) is 10.7. The fourth-order valence-electron chi connectivity index (χ4n) is 2.11. The summed E-state index contributed by atoms with van der Waals surface area (Å²) in [5, 5.41) is 0.739. The minimum absolute atomic E-state index is 0.346. The van der Waals surface area contributed by atoms with Gasteiger partial charge in [0.15, 0.2) is 9.84 Å². The topological polar surface area (TPSA) is 68.2 Å². The van der Waals surface area contributed by atoms with Gasteiger partial charge in [0, 0.05) is 12.4 Å². The molecular weight excluding hydrogens is 319 g/mol. The highest BCUT2D eigenvalue weighted by Crippen LogP contribution is 2.23. The van der Waals surface area contributed by atoms with Gasteiger partial charge in [0.2, 0.25) is 5.91 Å². The summed E-state index contributed by atoms with van der Waals surface area (Å²) in [5.74, 6) is -1.09. The number of halogens is 1. The van der Waals surface area contributed by atoms with Crippen LogP contribution in [-0.2, 0) is 14.6 Å². The van der Waals surface area contributed by atoms with Crippen molar-refractivity contribution in [1.29, 1.82) is 0 Å². The van der Waals surface area contributed by atoms with Crippen LogP contribution in [0.2, 0.25) is 0 Å². The molecule has 2 rings (SSSR count).